The maximum atomic E-state index is 13.2. The predicted molar refractivity (Wildman–Crippen MR) is 60.6 cm³/mol. The molecule has 0 amide bonds. The van der Waals surface area contributed by atoms with Crippen molar-refractivity contribution in [1.82, 2.24) is 0 Å². The quantitative estimate of drug-likeness (QED) is 0.821. The number of aliphatic hydroxyl groups excluding tert-OH is 1. The molecular weight excluding hydrogens is 245 g/mol. The van der Waals surface area contributed by atoms with E-state index in [2.05, 4.69) is 11.8 Å². The van der Waals surface area contributed by atoms with Crippen molar-refractivity contribution in [3.63, 3.8) is 0 Å². The largest absolute Gasteiger partial charge is 0.395 e. The van der Waals surface area contributed by atoms with E-state index in [0.717, 1.165) is 0 Å². The molecule has 0 fully saturated rings. The number of rotatable bonds is 5. The molecule has 0 spiro atoms. The molecule has 2 nitrogen and oxygen atoms in total. The fourth-order valence-electron chi connectivity index (χ4n) is 1.29. The van der Waals surface area contributed by atoms with Crippen molar-refractivity contribution in [1.29, 1.82) is 0 Å². The van der Waals surface area contributed by atoms with Crippen LogP contribution in [0.5, 0.6) is 0 Å². The van der Waals surface area contributed by atoms with Crippen LogP contribution in [0, 0.1) is 17.7 Å². The summed E-state index contributed by atoms with van der Waals surface area (Å²) in [4.78, 5) is 0. The third kappa shape index (κ3) is 5.71. The molecule has 0 bridgehead atoms. The number of alkyl halides is 2. The number of ether oxygens (including phenoxy) is 1. The molecule has 0 aliphatic heterocycles. The van der Waals surface area contributed by atoms with E-state index in [9.17, 15) is 13.2 Å². The van der Waals surface area contributed by atoms with Crippen LogP contribution in [-0.4, -0.2) is 24.7 Å². The van der Waals surface area contributed by atoms with Gasteiger partial charge in [-0.25, -0.2) is 13.2 Å². The molecular formula is C13H13F3O2. The highest BCUT2D eigenvalue weighted by atomic mass is 19.3. The van der Waals surface area contributed by atoms with Gasteiger partial charge in [-0.1, -0.05) is 11.8 Å². The maximum Gasteiger partial charge on any atom is 0.261 e. The number of benzene rings is 1. The fraction of sp³-hybridized carbons (Fsp3) is 0.385. The van der Waals surface area contributed by atoms with Crippen LogP contribution in [-0.2, 0) is 11.3 Å². The topological polar surface area (TPSA) is 29.5 Å². The Balaban J connectivity index is 2.66. The molecule has 18 heavy (non-hydrogen) atoms. The van der Waals surface area contributed by atoms with Crippen LogP contribution in [0.3, 0.4) is 0 Å². The zero-order valence-corrected chi connectivity index (χ0v) is 9.63. The van der Waals surface area contributed by atoms with Crippen molar-refractivity contribution in [3.8, 4) is 11.8 Å². The summed E-state index contributed by atoms with van der Waals surface area (Å²) in [7, 11) is 0. The lowest BCUT2D eigenvalue weighted by Gasteiger charge is -2.04. The molecule has 0 heterocycles. The molecule has 0 aromatic heterocycles. The Labute approximate surface area is 103 Å². The van der Waals surface area contributed by atoms with Crippen molar-refractivity contribution < 1.29 is 23.0 Å². The average molecular weight is 258 g/mol. The van der Waals surface area contributed by atoms with Crippen LogP contribution in [0.15, 0.2) is 18.2 Å². The van der Waals surface area contributed by atoms with Crippen LogP contribution in [0.1, 0.15) is 17.5 Å². The predicted octanol–water partition coefficient (Wildman–Crippen LogP) is 2.34. The van der Waals surface area contributed by atoms with Gasteiger partial charge in [-0.05, 0) is 23.8 Å². The zero-order valence-electron chi connectivity index (χ0n) is 9.63. The molecule has 5 heteroatoms. The van der Waals surface area contributed by atoms with E-state index < -0.39 is 18.8 Å². The van der Waals surface area contributed by atoms with Gasteiger partial charge in [0.25, 0.3) is 6.43 Å². The second-order valence-corrected chi connectivity index (χ2v) is 3.53. The van der Waals surface area contributed by atoms with Gasteiger partial charge in [0.05, 0.1) is 13.2 Å². The number of aliphatic hydroxyl groups is 1. The van der Waals surface area contributed by atoms with Crippen molar-refractivity contribution in [2.45, 2.75) is 19.5 Å². The molecule has 1 aromatic rings. The van der Waals surface area contributed by atoms with E-state index in [1.54, 1.807) is 6.07 Å². The van der Waals surface area contributed by atoms with E-state index in [1.165, 1.54) is 12.1 Å². The molecule has 1 rings (SSSR count). The first kappa shape index (κ1) is 14.6. The van der Waals surface area contributed by atoms with Crippen LogP contribution in [0.2, 0.25) is 0 Å². The Kier molecular flexibility index (Phi) is 6.26. The molecule has 0 aliphatic rings. The van der Waals surface area contributed by atoms with E-state index in [4.69, 9.17) is 9.84 Å². The van der Waals surface area contributed by atoms with Gasteiger partial charge in [0, 0.05) is 12.0 Å². The number of halogens is 3. The first-order valence-corrected chi connectivity index (χ1v) is 5.37. The summed E-state index contributed by atoms with van der Waals surface area (Å²) in [6.45, 7) is -0.828. The molecule has 0 saturated heterocycles. The zero-order chi connectivity index (χ0) is 13.4. The third-order valence-corrected chi connectivity index (χ3v) is 1.94. The standard InChI is InChI=1S/C13H13F3O2/c14-12-6-10(3-1-2-4-17)5-11(7-12)8-18-9-13(15)16/h5-7,13,17H,2,4,8-9H2. The molecule has 0 saturated carbocycles. The Morgan fingerprint density at radius 1 is 1.28 bits per heavy atom. The van der Waals surface area contributed by atoms with Crippen molar-refractivity contribution in [3.05, 3.63) is 35.1 Å². The first-order chi connectivity index (χ1) is 8.61. The fourth-order valence-corrected chi connectivity index (χ4v) is 1.29. The Bertz CT molecular complexity index is 436. The SMILES string of the molecule is OCCC#Cc1cc(F)cc(COCC(F)F)c1. The minimum Gasteiger partial charge on any atom is -0.395 e. The van der Waals surface area contributed by atoms with E-state index in [0.29, 0.717) is 17.5 Å². The number of hydrogen-bond acceptors (Lipinski definition) is 2. The van der Waals surface area contributed by atoms with Crippen molar-refractivity contribution >= 4 is 0 Å². The lowest BCUT2D eigenvalue weighted by Crippen LogP contribution is -2.04. The van der Waals surface area contributed by atoms with Gasteiger partial charge < -0.3 is 9.84 Å². The normalized spacial score (nSPS) is 10.3. The molecule has 0 atom stereocenters. The van der Waals surface area contributed by atoms with Gasteiger partial charge >= 0.3 is 0 Å². The highest BCUT2D eigenvalue weighted by Gasteiger charge is 2.04. The second-order valence-electron chi connectivity index (χ2n) is 3.53. The molecule has 0 aliphatic carbocycles. The monoisotopic (exact) mass is 258 g/mol. The minimum atomic E-state index is -2.54. The van der Waals surface area contributed by atoms with Gasteiger partial charge in [-0.3, -0.25) is 0 Å². The first-order valence-electron chi connectivity index (χ1n) is 5.37. The minimum absolute atomic E-state index is 0.0628. The molecule has 98 valence electrons. The van der Waals surface area contributed by atoms with Gasteiger partial charge in [0.15, 0.2) is 0 Å². The number of hydrogen-bond donors (Lipinski definition) is 1. The summed E-state index contributed by atoms with van der Waals surface area (Å²) < 4.78 is 41.6. The van der Waals surface area contributed by atoms with Crippen LogP contribution >= 0.6 is 0 Å². The summed E-state index contributed by atoms with van der Waals surface area (Å²) in [5.74, 6) is 4.83. The summed E-state index contributed by atoms with van der Waals surface area (Å²) in [5.41, 5.74) is 0.878. The van der Waals surface area contributed by atoms with E-state index in [-0.39, 0.29) is 13.2 Å². The van der Waals surface area contributed by atoms with E-state index >= 15 is 0 Å². The Morgan fingerprint density at radius 2 is 2.06 bits per heavy atom. The van der Waals surface area contributed by atoms with Gasteiger partial charge in [-0.2, -0.15) is 0 Å². The van der Waals surface area contributed by atoms with Crippen molar-refractivity contribution in [2.75, 3.05) is 13.2 Å². The average Bonchev–Trinajstić information content (AvgIpc) is 2.28. The van der Waals surface area contributed by atoms with Gasteiger partial charge in [0.1, 0.15) is 12.4 Å². The maximum absolute atomic E-state index is 13.2. The molecule has 1 aromatic carbocycles. The summed E-state index contributed by atoms with van der Waals surface area (Å²) in [6.07, 6.45) is -2.24. The lowest BCUT2D eigenvalue weighted by atomic mass is 10.1. The van der Waals surface area contributed by atoms with Gasteiger partial charge in [-0.15, -0.1) is 0 Å². The third-order valence-electron chi connectivity index (χ3n) is 1.94. The highest BCUT2D eigenvalue weighted by molar-refractivity contribution is 5.37. The van der Waals surface area contributed by atoms with E-state index in [1.807, 2.05) is 0 Å². The van der Waals surface area contributed by atoms with Crippen LogP contribution in [0.4, 0.5) is 13.2 Å². The molecule has 0 unspecified atom stereocenters. The Hall–Kier alpha value is -1.51. The van der Waals surface area contributed by atoms with Crippen LogP contribution < -0.4 is 0 Å². The molecule has 1 N–H and O–H groups in total. The molecule has 0 radical (unpaired) electrons. The van der Waals surface area contributed by atoms with Gasteiger partial charge in [0.2, 0.25) is 0 Å². The summed E-state index contributed by atoms with van der Waals surface area (Å²) >= 11 is 0. The Morgan fingerprint density at radius 3 is 2.72 bits per heavy atom. The smallest absolute Gasteiger partial charge is 0.261 e. The highest BCUT2D eigenvalue weighted by Crippen LogP contribution is 2.10. The second kappa shape index (κ2) is 7.75. The summed E-state index contributed by atoms with van der Waals surface area (Å²) in [5, 5.41) is 8.55. The lowest BCUT2D eigenvalue weighted by molar-refractivity contribution is 0.00982. The van der Waals surface area contributed by atoms with Crippen LogP contribution in [0.25, 0.3) is 0 Å². The summed E-state index contributed by atoms with van der Waals surface area (Å²) in [6, 6.07) is 4.02. The van der Waals surface area contributed by atoms with Crippen molar-refractivity contribution in [2.24, 2.45) is 0 Å².